The molecule has 1 aromatic carbocycles. The number of carbonyl (C=O) groups is 2. The molecule has 1 aliphatic rings. The van der Waals surface area contributed by atoms with Crippen molar-refractivity contribution in [3.8, 4) is 11.5 Å². The number of hydrogen-bond donors (Lipinski definition) is 1. The van der Waals surface area contributed by atoms with E-state index in [1.54, 1.807) is 23.8 Å². The number of amides is 2. The summed E-state index contributed by atoms with van der Waals surface area (Å²) in [4.78, 5) is 27.0. The van der Waals surface area contributed by atoms with Crippen LogP contribution >= 0.6 is 0 Å². The highest BCUT2D eigenvalue weighted by Gasteiger charge is 2.34. The van der Waals surface area contributed by atoms with Gasteiger partial charge in [-0.1, -0.05) is 13.0 Å². The second-order valence-electron chi connectivity index (χ2n) is 7.04. The zero-order valence-electron chi connectivity index (χ0n) is 17.4. The predicted octanol–water partition coefficient (Wildman–Crippen LogP) is 2.08. The van der Waals surface area contributed by atoms with Gasteiger partial charge in [0.1, 0.15) is 11.9 Å². The van der Waals surface area contributed by atoms with Crippen LogP contribution in [0.5, 0.6) is 11.5 Å². The number of aromatic nitrogens is 2. The van der Waals surface area contributed by atoms with E-state index in [-0.39, 0.29) is 11.8 Å². The van der Waals surface area contributed by atoms with Crippen LogP contribution in [0.1, 0.15) is 31.0 Å². The summed E-state index contributed by atoms with van der Waals surface area (Å²) in [6, 6.07) is 7.00. The van der Waals surface area contributed by atoms with E-state index in [9.17, 15) is 9.59 Å². The molecule has 29 heavy (non-hydrogen) atoms. The molecule has 0 fully saturated rings. The smallest absolute Gasteiger partial charge is 0.243 e. The summed E-state index contributed by atoms with van der Waals surface area (Å²) >= 11 is 0. The number of hydrogen-bond acceptors (Lipinski definition) is 5. The summed E-state index contributed by atoms with van der Waals surface area (Å²) in [5.74, 6) is 1.82. The van der Waals surface area contributed by atoms with Crippen molar-refractivity contribution in [2.24, 2.45) is 0 Å². The van der Waals surface area contributed by atoms with Crippen molar-refractivity contribution >= 4 is 17.6 Å². The lowest BCUT2D eigenvalue weighted by Crippen LogP contribution is -2.52. The number of rotatable bonds is 8. The molecule has 0 spiro atoms. The van der Waals surface area contributed by atoms with Gasteiger partial charge in [-0.05, 0) is 37.5 Å². The van der Waals surface area contributed by atoms with Crippen LogP contribution in [0.4, 0.5) is 5.82 Å². The van der Waals surface area contributed by atoms with E-state index in [0.29, 0.717) is 49.7 Å². The number of benzene rings is 1. The van der Waals surface area contributed by atoms with Crippen LogP contribution < -0.4 is 19.7 Å². The molecule has 8 nitrogen and oxygen atoms in total. The molecule has 8 heteroatoms. The van der Waals surface area contributed by atoms with Crippen LogP contribution in [-0.4, -0.2) is 48.4 Å². The SMILES string of the molecule is CCC(C(=O)NCCc1ccc(OC)c(OC)c1)N1C(=O)CCn2nc(C)cc21. The van der Waals surface area contributed by atoms with Gasteiger partial charge in [0, 0.05) is 19.0 Å². The van der Waals surface area contributed by atoms with E-state index < -0.39 is 6.04 Å². The Morgan fingerprint density at radius 3 is 2.69 bits per heavy atom. The third-order valence-electron chi connectivity index (χ3n) is 5.10. The molecule has 3 rings (SSSR count). The van der Waals surface area contributed by atoms with Crippen molar-refractivity contribution < 1.29 is 19.1 Å². The molecular formula is C21H28N4O4. The lowest BCUT2D eigenvalue weighted by molar-refractivity contribution is -0.127. The average Bonchev–Trinajstić information content (AvgIpc) is 3.10. The molecule has 1 unspecified atom stereocenters. The fraction of sp³-hybridized carbons (Fsp3) is 0.476. The van der Waals surface area contributed by atoms with Gasteiger partial charge in [0.05, 0.1) is 26.5 Å². The van der Waals surface area contributed by atoms with Crippen LogP contribution in [-0.2, 0) is 22.6 Å². The van der Waals surface area contributed by atoms with Crippen molar-refractivity contribution in [2.75, 3.05) is 25.7 Å². The number of ether oxygens (including phenoxy) is 2. The van der Waals surface area contributed by atoms with E-state index in [1.165, 1.54) is 0 Å². The summed E-state index contributed by atoms with van der Waals surface area (Å²) in [6.07, 6.45) is 1.52. The minimum atomic E-state index is -0.553. The number of methoxy groups -OCH3 is 2. The minimum absolute atomic E-state index is 0.0423. The number of aryl methyl sites for hydroxylation is 2. The maximum atomic E-state index is 12.9. The van der Waals surface area contributed by atoms with Gasteiger partial charge >= 0.3 is 0 Å². The van der Waals surface area contributed by atoms with Gasteiger partial charge in [-0.15, -0.1) is 0 Å². The van der Waals surface area contributed by atoms with Gasteiger partial charge in [-0.3, -0.25) is 14.5 Å². The normalized spacial score (nSPS) is 14.3. The van der Waals surface area contributed by atoms with Crippen LogP contribution in [0.3, 0.4) is 0 Å². The van der Waals surface area contributed by atoms with Crippen LogP contribution in [0.15, 0.2) is 24.3 Å². The molecule has 2 amide bonds. The van der Waals surface area contributed by atoms with E-state index in [0.717, 1.165) is 11.3 Å². The molecule has 0 bridgehead atoms. The zero-order chi connectivity index (χ0) is 21.0. The predicted molar refractivity (Wildman–Crippen MR) is 109 cm³/mol. The van der Waals surface area contributed by atoms with Gasteiger partial charge < -0.3 is 14.8 Å². The first-order valence-corrected chi connectivity index (χ1v) is 9.83. The Hall–Kier alpha value is -3.03. The highest BCUT2D eigenvalue weighted by atomic mass is 16.5. The third kappa shape index (κ3) is 4.36. The molecule has 0 saturated carbocycles. The van der Waals surface area contributed by atoms with Gasteiger partial charge in [0.15, 0.2) is 11.5 Å². The topological polar surface area (TPSA) is 85.7 Å². The van der Waals surface area contributed by atoms with Crippen LogP contribution in [0.25, 0.3) is 0 Å². The van der Waals surface area contributed by atoms with Gasteiger partial charge in [-0.25, -0.2) is 4.68 Å². The number of nitrogens with one attached hydrogen (secondary N) is 1. The molecule has 1 aliphatic heterocycles. The quantitative estimate of drug-likeness (QED) is 0.733. The largest absolute Gasteiger partial charge is 0.493 e. The van der Waals surface area contributed by atoms with Crippen molar-refractivity contribution in [3.05, 3.63) is 35.5 Å². The van der Waals surface area contributed by atoms with E-state index in [4.69, 9.17) is 9.47 Å². The van der Waals surface area contributed by atoms with Crippen molar-refractivity contribution in [1.82, 2.24) is 15.1 Å². The molecule has 2 aromatic rings. The van der Waals surface area contributed by atoms with Gasteiger partial charge in [0.2, 0.25) is 11.8 Å². The molecule has 0 aliphatic carbocycles. The molecule has 0 radical (unpaired) electrons. The summed E-state index contributed by atoms with van der Waals surface area (Å²) in [7, 11) is 3.19. The van der Waals surface area contributed by atoms with E-state index >= 15 is 0 Å². The Kier molecular flexibility index (Phi) is 6.41. The zero-order valence-corrected chi connectivity index (χ0v) is 17.4. The Bertz CT molecular complexity index is 893. The Balaban J connectivity index is 1.66. The van der Waals surface area contributed by atoms with Crippen molar-refractivity contribution in [1.29, 1.82) is 0 Å². The monoisotopic (exact) mass is 400 g/mol. The second-order valence-corrected chi connectivity index (χ2v) is 7.04. The van der Waals surface area contributed by atoms with E-state index in [1.807, 2.05) is 38.1 Å². The standard InChI is InChI=1S/C21H28N4O4/c1-5-16(25-19-12-14(2)23-24(19)11-9-20(25)26)21(27)22-10-8-15-6-7-17(28-3)18(13-15)29-4/h6-7,12-13,16H,5,8-11H2,1-4H3,(H,22,27). The molecule has 1 atom stereocenters. The number of carbonyl (C=O) groups excluding carboxylic acids is 2. The van der Waals surface area contributed by atoms with Gasteiger partial charge in [-0.2, -0.15) is 5.10 Å². The molecule has 1 aromatic heterocycles. The van der Waals surface area contributed by atoms with Crippen LogP contribution in [0.2, 0.25) is 0 Å². The first kappa shape index (κ1) is 20.7. The third-order valence-corrected chi connectivity index (χ3v) is 5.10. The maximum absolute atomic E-state index is 12.9. The Morgan fingerprint density at radius 2 is 2.00 bits per heavy atom. The molecule has 1 N–H and O–H groups in total. The second kappa shape index (κ2) is 8.98. The van der Waals surface area contributed by atoms with Crippen molar-refractivity contribution in [3.63, 3.8) is 0 Å². The first-order chi connectivity index (χ1) is 14.0. The minimum Gasteiger partial charge on any atom is -0.493 e. The summed E-state index contributed by atoms with van der Waals surface area (Å²) in [5, 5.41) is 7.38. The lowest BCUT2D eigenvalue weighted by atomic mass is 10.1. The summed E-state index contributed by atoms with van der Waals surface area (Å²) < 4.78 is 12.4. The summed E-state index contributed by atoms with van der Waals surface area (Å²) in [6.45, 7) is 4.81. The molecular weight excluding hydrogens is 372 g/mol. The number of anilines is 1. The maximum Gasteiger partial charge on any atom is 0.243 e. The van der Waals surface area contributed by atoms with Crippen LogP contribution in [0, 0.1) is 6.92 Å². The average molecular weight is 400 g/mol. The summed E-state index contributed by atoms with van der Waals surface area (Å²) in [5.41, 5.74) is 1.86. The first-order valence-electron chi connectivity index (χ1n) is 9.83. The molecule has 156 valence electrons. The fourth-order valence-electron chi connectivity index (χ4n) is 3.64. The molecule has 0 saturated heterocycles. The van der Waals surface area contributed by atoms with Crippen molar-refractivity contribution in [2.45, 2.75) is 45.7 Å². The van der Waals surface area contributed by atoms with Gasteiger partial charge in [0.25, 0.3) is 0 Å². The van der Waals surface area contributed by atoms with E-state index in [2.05, 4.69) is 10.4 Å². The fourth-order valence-corrected chi connectivity index (χ4v) is 3.64. The highest BCUT2D eigenvalue weighted by Crippen LogP contribution is 2.28. The Morgan fingerprint density at radius 1 is 1.24 bits per heavy atom. The number of fused-ring (bicyclic) bond motifs is 1. The lowest BCUT2D eigenvalue weighted by Gasteiger charge is -2.33. The molecule has 2 heterocycles. The highest BCUT2D eigenvalue weighted by molar-refractivity contribution is 6.01. The number of nitrogens with zero attached hydrogens (tertiary/aromatic N) is 3. The Labute approximate surface area is 170 Å².